The second-order valence-corrected chi connectivity index (χ2v) is 7.72. The number of rotatable bonds is 7. The molecule has 0 radical (unpaired) electrons. The maximum Gasteiger partial charge on any atom is 0.274 e. The first-order chi connectivity index (χ1) is 12.7. The zero-order valence-electron chi connectivity index (χ0n) is 16.7. The van der Waals surface area contributed by atoms with Gasteiger partial charge in [0.15, 0.2) is 5.69 Å². The van der Waals surface area contributed by atoms with Crippen LogP contribution < -0.4 is 0 Å². The lowest BCUT2D eigenvalue weighted by molar-refractivity contribution is 0.0715. The standard InChI is InChI=1S/C20H34N4O2/c1-4-10-24-18-9-8-16(22(2)13-14-26-3)15-17(18)19(21-24)20(25)23-11-6-5-7-12-23/h16H,4-15H2,1-3H3. The van der Waals surface area contributed by atoms with E-state index in [-0.39, 0.29) is 5.91 Å². The Balaban J connectivity index is 1.83. The van der Waals surface area contributed by atoms with E-state index in [1.807, 2.05) is 4.90 Å². The first-order valence-electron chi connectivity index (χ1n) is 10.2. The third-order valence-electron chi connectivity index (χ3n) is 5.87. The van der Waals surface area contributed by atoms with Crippen LogP contribution in [0.2, 0.25) is 0 Å². The van der Waals surface area contributed by atoms with Crippen LogP contribution >= 0.6 is 0 Å². The Kier molecular flexibility index (Phi) is 6.70. The number of piperidine rings is 1. The number of aryl methyl sites for hydroxylation is 1. The van der Waals surface area contributed by atoms with Crippen LogP contribution in [-0.4, -0.2) is 71.9 Å². The molecule has 0 bridgehead atoms. The topological polar surface area (TPSA) is 50.6 Å². The van der Waals surface area contributed by atoms with Gasteiger partial charge in [0.1, 0.15) is 0 Å². The van der Waals surface area contributed by atoms with Gasteiger partial charge < -0.3 is 14.5 Å². The normalized spacial score (nSPS) is 20.5. The summed E-state index contributed by atoms with van der Waals surface area (Å²) in [5.74, 6) is 0.149. The van der Waals surface area contributed by atoms with Crippen molar-refractivity contribution in [2.24, 2.45) is 0 Å². The van der Waals surface area contributed by atoms with E-state index in [0.29, 0.717) is 6.04 Å². The van der Waals surface area contributed by atoms with Gasteiger partial charge in [-0.15, -0.1) is 0 Å². The minimum atomic E-state index is 0.149. The Labute approximate surface area is 157 Å². The predicted octanol–water partition coefficient (Wildman–Crippen LogP) is 2.35. The van der Waals surface area contributed by atoms with Crippen molar-refractivity contribution in [3.05, 3.63) is 17.0 Å². The Bertz CT molecular complexity index is 607. The lowest BCUT2D eigenvalue weighted by Gasteiger charge is -2.32. The quantitative estimate of drug-likeness (QED) is 0.747. The van der Waals surface area contributed by atoms with E-state index in [1.54, 1.807) is 7.11 Å². The summed E-state index contributed by atoms with van der Waals surface area (Å²) in [6, 6.07) is 0.463. The van der Waals surface area contributed by atoms with E-state index in [1.165, 1.54) is 17.7 Å². The number of fused-ring (bicyclic) bond motifs is 1. The van der Waals surface area contributed by atoms with E-state index in [9.17, 15) is 4.79 Å². The number of hydrogen-bond donors (Lipinski definition) is 0. The number of carbonyl (C=O) groups excluding carboxylic acids is 1. The van der Waals surface area contributed by atoms with Crippen molar-refractivity contribution in [3.8, 4) is 0 Å². The molecule has 6 heteroatoms. The Morgan fingerprint density at radius 3 is 2.77 bits per heavy atom. The minimum Gasteiger partial charge on any atom is -0.383 e. The van der Waals surface area contributed by atoms with Crippen molar-refractivity contribution in [2.45, 2.75) is 64.5 Å². The average Bonchev–Trinajstić information content (AvgIpc) is 3.04. The van der Waals surface area contributed by atoms with Gasteiger partial charge in [-0.05, 0) is 52.0 Å². The maximum atomic E-state index is 13.2. The summed E-state index contributed by atoms with van der Waals surface area (Å²) in [4.78, 5) is 17.5. The highest BCUT2D eigenvalue weighted by Gasteiger charge is 2.32. The van der Waals surface area contributed by atoms with Crippen molar-refractivity contribution in [3.63, 3.8) is 0 Å². The molecular formula is C20H34N4O2. The van der Waals surface area contributed by atoms with Gasteiger partial charge >= 0.3 is 0 Å². The molecule has 2 aliphatic rings. The monoisotopic (exact) mass is 362 g/mol. The number of amides is 1. The molecule has 1 fully saturated rings. The Morgan fingerprint density at radius 1 is 1.31 bits per heavy atom. The zero-order chi connectivity index (χ0) is 18.5. The molecule has 1 aliphatic carbocycles. The number of nitrogens with zero attached hydrogens (tertiary/aromatic N) is 4. The summed E-state index contributed by atoms with van der Waals surface area (Å²) >= 11 is 0. The van der Waals surface area contributed by atoms with Crippen LogP contribution in [-0.2, 0) is 24.1 Å². The number of likely N-dealkylation sites (tertiary alicyclic amines) is 1. The summed E-state index contributed by atoms with van der Waals surface area (Å²) in [6.07, 6.45) is 7.57. The summed E-state index contributed by atoms with van der Waals surface area (Å²) in [6.45, 7) is 6.50. The third-order valence-corrected chi connectivity index (χ3v) is 5.87. The lowest BCUT2D eigenvalue weighted by Crippen LogP contribution is -2.40. The van der Waals surface area contributed by atoms with Crippen molar-refractivity contribution < 1.29 is 9.53 Å². The van der Waals surface area contributed by atoms with Gasteiger partial charge in [-0.1, -0.05) is 6.92 Å². The molecule has 0 spiro atoms. The first-order valence-corrected chi connectivity index (χ1v) is 10.2. The summed E-state index contributed by atoms with van der Waals surface area (Å²) < 4.78 is 7.34. The van der Waals surface area contributed by atoms with E-state index < -0.39 is 0 Å². The summed E-state index contributed by atoms with van der Waals surface area (Å²) in [5, 5.41) is 4.79. The number of aromatic nitrogens is 2. The third kappa shape index (κ3) is 4.12. The number of ether oxygens (including phenoxy) is 1. The molecule has 1 atom stereocenters. The molecule has 1 aromatic heterocycles. The van der Waals surface area contributed by atoms with Gasteiger partial charge in [0.25, 0.3) is 5.91 Å². The van der Waals surface area contributed by atoms with Crippen molar-refractivity contribution in [1.29, 1.82) is 0 Å². The molecule has 3 rings (SSSR count). The molecule has 1 unspecified atom stereocenters. The molecule has 1 aliphatic heterocycles. The minimum absolute atomic E-state index is 0.149. The smallest absolute Gasteiger partial charge is 0.274 e. The van der Waals surface area contributed by atoms with Crippen molar-refractivity contribution in [1.82, 2.24) is 19.6 Å². The largest absolute Gasteiger partial charge is 0.383 e. The fourth-order valence-electron chi connectivity index (χ4n) is 4.28. The van der Waals surface area contributed by atoms with Crippen LogP contribution in [0.25, 0.3) is 0 Å². The van der Waals surface area contributed by atoms with E-state index in [4.69, 9.17) is 9.84 Å². The molecule has 1 amide bonds. The van der Waals surface area contributed by atoms with Gasteiger partial charge in [-0.25, -0.2) is 0 Å². The van der Waals surface area contributed by atoms with Crippen LogP contribution in [0, 0.1) is 0 Å². The van der Waals surface area contributed by atoms with Crippen LogP contribution in [0.1, 0.15) is 60.8 Å². The molecule has 146 valence electrons. The van der Waals surface area contributed by atoms with E-state index in [0.717, 1.165) is 77.0 Å². The van der Waals surface area contributed by atoms with Crippen LogP contribution in [0.3, 0.4) is 0 Å². The fourth-order valence-corrected chi connectivity index (χ4v) is 4.28. The number of methoxy groups -OCH3 is 1. The maximum absolute atomic E-state index is 13.2. The molecular weight excluding hydrogens is 328 g/mol. The molecule has 1 saturated heterocycles. The molecule has 0 saturated carbocycles. The molecule has 2 heterocycles. The molecule has 0 N–H and O–H groups in total. The van der Waals surface area contributed by atoms with Crippen LogP contribution in [0.15, 0.2) is 0 Å². The average molecular weight is 363 g/mol. The van der Waals surface area contributed by atoms with E-state index >= 15 is 0 Å². The molecule has 1 aromatic rings. The van der Waals surface area contributed by atoms with Crippen LogP contribution in [0.5, 0.6) is 0 Å². The number of carbonyl (C=O) groups is 1. The highest BCUT2D eigenvalue weighted by Crippen LogP contribution is 2.28. The highest BCUT2D eigenvalue weighted by molar-refractivity contribution is 5.94. The van der Waals surface area contributed by atoms with Crippen molar-refractivity contribution in [2.75, 3.05) is 40.4 Å². The lowest BCUT2D eigenvalue weighted by atomic mass is 9.90. The SMILES string of the molecule is CCCn1nc(C(=O)N2CCCCC2)c2c1CCC(N(C)CCOC)C2. The van der Waals surface area contributed by atoms with Gasteiger partial charge in [-0.2, -0.15) is 5.10 Å². The molecule has 26 heavy (non-hydrogen) atoms. The van der Waals surface area contributed by atoms with E-state index in [2.05, 4.69) is 23.6 Å². The van der Waals surface area contributed by atoms with Crippen molar-refractivity contribution >= 4 is 5.91 Å². The second-order valence-electron chi connectivity index (χ2n) is 7.72. The van der Waals surface area contributed by atoms with Gasteiger partial charge in [0, 0.05) is 50.6 Å². The number of likely N-dealkylation sites (N-methyl/N-ethyl adjacent to an activating group) is 1. The highest BCUT2D eigenvalue weighted by atomic mass is 16.5. The zero-order valence-corrected chi connectivity index (χ0v) is 16.7. The Morgan fingerprint density at radius 2 is 2.08 bits per heavy atom. The van der Waals surface area contributed by atoms with Gasteiger partial charge in [0.2, 0.25) is 0 Å². The predicted molar refractivity (Wildman–Crippen MR) is 103 cm³/mol. The van der Waals surface area contributed by atoms with Gasteiger partial charge in [-0.3, -0.25) is 9.48 Å². The fraction of sp³-hybridized carbons (Fsp3) is 0.800. The summed E-state index contributed by atoms with van der Waals surface area (Å²) in [7, 11) is 3.91. The number of hydrogen-bond acceptors (Lipinski definition) is 4. The second kappa shape index (κ2) is 9.00. The first kappa shape index (κ1) is 19.4. The molecule has 0 aromatic carbocycles. The van der Waals surface area contributed by atoms with Gasteiger partial charge in [0.05, 0.1) is 6.61 Å². The van der Waals surface area contributed by atoms with Crippen LogP contribution in [0.4, 0.5) is 0 Å². The Hall–Kier alpha value is -1.40. The molecule has 6 nitrogen and oxygen atoms in total. The summed E-state index contributed by atoms with van der Waals surface area (Å²) in [5.41, 5.74) is 3.22.